The molecule has 1 unspecified atom stereocenters. The van der Waals surface area contributed by atoms with Crippen molar-refractivity contribution in [3.8, 4) is 0 Å². The average Bonchev–Trinajstić information content (AvgIpc) is 3.46. The molecule has 10 nitrogen and oxygen atoms in total. The summed E-state index contributed by atoms with van der Waals surface area (Å²) in [6.45, 7) is 0.586. The molecule has 0 aliphatic heterocycles. The van der Waals surface area contributed by atoms with E-state index in [4.69, 9.17) is 9.32 Å². The fourth-order valence-electron chi connectivity index (χ4n) is 4.21. The first-order valence-electron chi connectivity index (χ1n) is 10.7. The molecule has 3 aromatic rings. The standard InChI is InChI=1S/C22H25BrN6O4S/c1-28(18-6-5-16(10-18)13-33-34(24,31)32)22-19(11-25-14-26-22)21(30)20-7-8-29(27-20)12-15-3-2-4-17(23)9-15/h2-4,7-9,11,14,16,18H,5-6,10,12-13H2,1H3,(H2,24,31,32)/t16-,18?/m1/s1. The lowest BCUT2D eigenvalue weighted by Gasteiger charge is -2.27. The fourth-order valence-corrected chi connectivity index (χ4v) is 5.04. The van der Waals surface area contributed by atoms with Crippen LogP contribution in [-0.4, -0.2) is 53.6 Å². The highest BCUT2D eigenvalue weighted by atomic mass is 79.9. The number of carbonyl (C=O) groups excluding carboxylic acids is 1. The van der Waals surface area contributed by atoms with Crippen molar-refractivity contribution in [2.24, 2.45) is 11.1 Å². The van der Waals surface area contributed by atoms with Gasteiger partial charge in [0.1, 0.15) is 17.8 Å². The van der Waals surface area contributed by atoms with Crippen molar-refractivity contribution < 1.29 is 17.4 Å². The first-order chi connectivity index (χ1) is 16.2. The third-order valence-electron chi connectivity index (χ3n) is 5.91. The maximum Gasteiger partial charge on any atom is 0.333 e. The van der Waals surface area contributed by atoms with E-state index < -0.39 is 10.3 Å². The fraction of sp³-hybridized carbons (Fsp3) is 0.364. The van der Waals surface area contributed by atoms with Crippen molar-refractivity contribution in [2.45, 2.75) is 31.8 Å². The van der Waals surface area contributed by atoms with Crippen LogP contribution >= 0.6 is 15.9 Å². The highest BCUT2D eigenvalue weighted by Crippen LogP contribution is 2.32. The minimum absolute atomic E-state index is 0.0498. The van der Waals surface area contributed by atoms with Crippen molar-refractivity contribution >= 4 is 37.8 Å². The van der Waals surface area contributed by atoms with E-state index in [1.807, 2.05) is 36.2 Å². The Bertz CT molecular complexity index is 1280. The van der Waals surface area contributed by atoms with Gasteiger partial charge in [0.15, 0.2) is 0 Å². The second kappa shape index (κ2) is 10.3. The molecule has 2 atom stereocenters. The summed E-state index contributed by atoms with van der Waals surface area (Å²) in [7, 11) is -2.09. The SMILES string of the molecule is CN(c1ncncc1C(=O)c1ccn(Cc2cccc(Br)c2)n1)C1CC[C@@H](COS(N)(=O)=O)C1. The van der Waals surface area contributed by atoms with Crippen LogP contribution in [0.25, 0.3) is 0 Å². The van der Waals surface area contributed by atoms with Crippen molar-refractivity contribution in [3.05, 3.63) is 70.3 Å². The van der Waals surface area contributed by atoms with E-state index in [2.05, 4.69) is 31.0 Å². The van der Waals surface area contributed by atoms with E-state index in [0.717, 1.165) is 22.9 Å². The van der Waals surface area contributed by atoms with E-state index in [-0.39, 0.29) is 24.3 Å². The molecule has 1 aliphatic carbocycles. The van der Waals surface area contributed by atoms with Crippen LogP contribution in [0.15, 0.2) is 53.5 Å². The zero-order valence-corrected chi connectivity index (χ0v) is 20.9. The van der Waals surface area contributed by atoms with Gasteiger partial charge in [-0.05, 0) is 48.9 Å². The Morgan fingerprint density at radius 3 is 2.91 bits per heavy atom. The van der Waals surface area contributed by atoms with E-state index in [9.17, 15) is 13.2 Å². The lowest BCUT2D eigenvalue weighted by molar-refractivity contribution is 0.103. The number of anilines is 1. The van der Waals surface area contributed by atoms with Gasteiger partial charge in [-0.3, -0.25) is 13.7 Å². The summed E-state index contributed by atoms with van der Waals surface area (Å²) in [6.07, 6.45) is 6.99. The van der Waals surface area contributed by atoms with Crippen LogP contribution in [-0.2, 0) is 21.0 Å². The smallest absolute Gasteiger partial charge is 0.333 e. The normalized spacial score (nSPS) is 18.2. The first kappa shape index (κ1) is 24.5. The maximum atomic E-state index is 13.3. The Kier molecular flexibility index (Phi) is 7.41. The van der Waals surface area contributed by atoms with Crippen molar-refractivity contribution in [1.29, 1.82) is 0 Å². The summed E-state index contributed by atoms with van der Waals surface area (Å²) < 4.78 is 29.6. The van der Waals surface area contributed by atoms with Crippen molar-refractivity contribution in [3.63, 3.8) is 0 Å². The molecule has 4 rings (SSSR count). The number of halogens is 1. The number of carbonyl (C=O) groups is 1. The molecule has 0 amide bonds. The van der Waals surface area contributed by atoms with Crippen LogP contribution in [0.1, 0.15) is 40.9 Å². The summed E-state index contributed by atoms with van der Waals surface area (Å²) in [5.41, 5.74) is 1.73. The zero-order valence-electron chi connectivity index (χ0n) is 18.5. The Labute approximate surface area is 206 Å². The summed E-state index contributed by atoms with van der Waals surface area (Å²) in [5, 5.41) is 9.40. The van der Waals surface area contributed by atoms with E-state index in [1.54, 1.807) is 16.9 Å². The van der Waals surface area contributed by atoms with Gasteiger partial charge in [0.25, 0.3) is 0 Å². The second-order valence-electron chi connectivity index (χ2n) is 8.34. The van der Waals surface area contributed by atoms with Gasteiger partial charge in [-0.15, -0.1) is 0 Å². The topological polar surface area (TPSA) is 133 Å². The van der Waals surface area contributed by atoms with Crippen LogP contribution in [0.4, 0.5) is 5.82 Å². The van der Waals surface area contributed by atoms with Gasteiger partial charge >= 0.3 is 10.3 Å². The zero-order chi connectivity index (χ0) is 24.3. The van der Waals surface area contributed by atoms with Crippen LogP contribution in [0.2, 0.25) is 0 Å². The third kappa shape index (κ3) is 6.06. The Balaban J connectivity index is 1.47. The Morgan fingerprint density at radius 2 is 2.15 bits per heavy atom. The summed E-state index contributed by atoms with van der Waals surface area (Å²) >= 11 is 3.46. The Morgan fingerprint density at radius 1 is 1.32 bits per heavy atom. The minimum Gasteiger partial charge on any atom is -0.356 e. The summed E-state index contributed by atoms with van der Waals surface area (Å²) in [6, 6.07) is 9.67. The highest BCUT2D eigenvalue weighted by molar-refractivity contribution is 9.10. The molecule has 1 aliphatic rings. The van der Waals surface area contributed by atoms with Gasteiger partial charge in [-0.1, -0.05) is 28.1 Å². The first-order valence-corrected chi connectivity index (χ1v) is 13.0. The molecule has 12 heteroatoms. The third-order valence-corrected chi connectivity index (χ3v) is 6.86. The van der Waals surface area contributed by atoms with Crippen LogP contribution < -0.4 is 10.0 Å². The van der Waals surface area contributed by atoms with Gasteiger partial charge in [0, 0.05) is 30.0 Å². The number of hydrogen-bond donors (Lipinski definition) is 1. The van der Waals surface area contributed by atoms with Crippen molar-refractivity contribution in [2.75, 3.05) is 18.6 Å². The molecule has 34 heavy (non-hydrogen) atoms. The number of benzene rings is 1. The quantitative estimate of drug-likeness (QED) is 0.403. The largest absolute Gasteiger partial charge is 0.356 e. The second-order valence-corrected chi connectivity index (χ2v) is 10.5. The molecular formula is C22H25BrN6O4S. The number of nitrogens with zero attached hydrogens (tertiary/aromatic N) is 5. The number of ketones is 1. The van der Waals surface area contributed by atoms with Gasteiger partial charge in [-0.2, -0.15) is 13.5 Å². The lowest BCUT2D eigenvalue weighted by atomic mass is 10.1. The molecule has 0 spiro atoms. The summed E-state index contributed by atoms with van der Waals surface area (Å²) in [5.74, 6) is 0.308. The molecule has 1 aromatic carbocycles. The van der Waals surface area contributed by atoms with Crippen LogP contribution in [0.5, 0.6) is 0 Å². The average molecular weight is 549 g/mol. The van der Waals surface area contributed by atoms with Gasteiger partial charge in [0.2, 0.25) is 5.78 Å². The lowest BCUT2D eigenvalue weighted by Crippen LogP contribution is -2.32. The van der Waals surface area contributed by atoms with Crippen LogP contribution in [0, 0.1) is 5.92 Å². The molecule has 0 saturated heterocycles. The molecule has 0 bridgehead atoms. The number of rotatable bonds is 9. The molecule has 1 fully saturated rings. The Hall–Kier alpha value is -2.67. The van der Waals surface area contributed by atoms with Gasteiger partial charge in [0.05, 0.1) is 18.7 Å². The van der Waals surface area contributed by atoms with E-state index in [1.165, 1.54) is 12.5 Å². The molecule has 2 aromatic heterocycles. The minimum atomic E-state index is -3.96. The monoisotopic (exact) mass is 548 g/mol. The van der Waals surface area contributed by atoms with E-state index >= 15 is 0 Å². The van der Waals surface area contributed by atoms with Crippen LogP contribution in [0.3, 0.4) is 0 Å². The molecule has 2 heterocycles. The number of hydrogen-bond acceptors (Lipinski definition) is 8. The number of aromatic nitrogens is 4. The highest BCUT2D eigenvalue weighted by Gasteiger charge is 2.31. The maximum absolute atomic E-state index is 13.3. The number of nitrogens with two attached hydrogens (primary N) is 1. The molecule has 0 radical (unpaired) electrons. The summed E-state index contributed by atoms with van der Waals surface area (Å²) in [4.78, 5) is 23.7. The molecular weight excluding hydrogens is 524 g/mol. The van der Waals surface area contributed by atoms with E-state index in [0.29, 0.717) is 30.0 Å². The molecule has 1 saturated carbocycles. The van der Waals surface area contributed by atoms with Gasteiger partial charge < -0.3 is 4.90 Å². The predicted molar refractivity (Wildman–Crippen MR) is 130 cm³/mol. The molecule has 180 valence electrons. The molecule has 2 N–H and O–H groups in total. The van der Waals surface area contributed by atoms with Gasteiger partial charge in [-0.25, -0.2) is 15.1 Å². The predicted octanol–water partition coefficient (Wildman–Crippen LogP) is 2.54. The van der Waals surface area contributed by atoms with Crippen molar-refractivity contribution in [1.82, 2.24) is 19.7 Å².